The topological polar surface area (TPSA) is 74.8 Å². The standard InChI is InChI=1S/C27H34N4O3S/c1-27(2,3)20-8-10-21(11-9-20)34-17-5-6-24(32)29-26-28-22-12-7-19(18-23(22)35-26)25(33)31-15-13-30(4)14-16-31/h7-12,18H,5-6,13-17H2,1-4H3,(H,28,29,32). The van der Waals surface area contributed by atoms with Crippen LogP contribution in [0.4, 0.5) is 5.13 Å². The largest absolute Gasteiger partial charge is 0.494 e. The normalized spacial score (nSPS) is 14.8. The smallest absolute Gasteiger partial charge is 0.253 e. The van der Waals surface area contributed by atoms with Crippen molar-refractivity contribution in [3.8, 4) is 5.75 Å². The predicted molar refractivity (Wildman–Crippen MR) is 142 cm³/mol. The first-order valence-electron chi connectivity index (χ1n) is 12.1. The van der Waals surface area contributed by atoms with Crippen LogP contribution in [-0.4, -0.2) is 66.4 Å². The van der Waals surface area contributed by atoms with E-state index in [1.54, 1.807) is 0 Å². The third kappa shape index (κ3) is 6.58. The average Bonchev–Trinajstić information content (AvgIpc) is 3.23. The predicted octanol–water partition coefficient (Wildman–Crippen LogP) is 4.78. The molecule has 1 fully saturated rings. The van der Waals surface area contributed by atoms with Gasteiger partial charge in [0.2, 0.25) is 5.91 Å². The Balaban J connectivity index is 1.26. The van der Waals surface area contributed by atoms with Gasteiger partial charge in [-0.2, -0.15) is 0 Å². The van der Waals surface area contributed by atoms with E-state index in [9.17, 15) is 9.59 Å². The van der Waals surface area contributed by atoms with Crippen molar-refractivity contribution in [2.45, 2.75) is 39.0 Å². The monoisotopic (exact) mass is 494 g/mol. The van der Waals surface area contributed by atoms with Crippen LogP contribution in [0, 0.1) is 0 Å². The number of fused-ring (bicyclic) bond motifs is 1. The fraction of sp³-hybridized carbons (Fsp3) is 0.444. The number of benzene rings is 2. The molecule has 0 atom stereocenters. The number of hydrogen-bond acceptors (Lipinski definition) is 6. The molecule has 2 amide bonds. The SMILES string of the molecule is CN1CCN(C(=O)c2ccc3nc(NC(=O)CCCOc4ccc(C(C)(C)C)cc4)sc3c2)CC1. The fourth-order valence-corrected chi connectivity index (χ4v) is 4.88. The van der Waals surface area contributed by atoms with Crippen molar-refractivity contribution in [2.75, 3.05) is 45.2 Å². The summed E-state index contributed by atoms with van der Waals surface area (Å²) >= 11 is 1.39. The van der Waals surface area contributed by atoms with Crippen LogP contribution >= 0.6 is 11.3 Å². The number of amides is 2. The van der Waals surface area contributed by atoms with Crippen molar-refractivity contribution >= 4 is 38.5 Å². The molecule has 2 aromatic carbocycles. The molecule has 2 heterocycles. The summed E-state index contributed by atoms with van der Waals surface area (Å²) in [6.07, 6.45) is 0.963. The summed E-state index contributed by atoms with van der Waals surface area (Å²) in [7, 11) is 2.07. The minimum Gasteiger partial charge on any atom is -0.494 e. The van der Waals surface area contributed by atoms with Crippen LogP contribution in [0.3, 0.4) is 0 Å². The summed E-state index contributed by atoms with van der Waals surface area (Å²) in [5.41, 5.74) is 2.81. The van der Waals surface area contributed by atoms with E-state index < -0.39 is 0 Å². The summed E-state index contributed by atoms with van der Waals surface area (Å²) in [4.78, 5) is 33.9. The highest BCUT2D eigenvalue weighted by atomic mass is 32.1. The van der Waals surface area contributed by atoms with Gasteiger partial charge in [-0.05, 0) is 54.8 Å². The molecule has 1 aliphatic rings. The van der Waals surface area contributed by atoms with Crippen LogP contribution in [0.15, 0.2) is 42.5 Å². The Kier molecular flexibility index (Phi) is 7.72. The molecule has 0 saturated carbocycles. The van der Waals surface area contributed by atoms with Gasteiger partial charge in [0, 0.05) is 38.2 Å². The van der Waals surface area contributed by atoms with Gasteiger partial charge in [0.1, 0.15) is 5.75 Å². The van der Waals surface area contributed by atoms with Gasteiger partial charge in [-0.15, -0.1) is 0 Å². The van der Waals surface area contributed by atoms with Gasteiger partial charge in [0.15, 0.2) is 5.13 Å². The van der Waals surface area contributed by atoms with E-state index in [-0.39, 0.29) is 17.2 Å². The summed E-state index contributed by atoms with van der Waals surface area (Å²) in [5, 5.41) is 3.43. The number of nitrogens with zero attached hydrogens (tertiary/aromatic N) is 3. The number of thiazole rings is 1. The number of ether oxygens (including phenoxy) is 1. The zero-order chi connectivity index (χ0) is 25.0. The molecule has 0 radical (unpaired) electrons. The van der Waals surface area contributed by atoms with E-state index in [0.717, 1.165) is 42.1 Å². The van der Waals surface area contributed by atoms with Gasteiger partial charge in [0.25, 0.3) is 5.91 Å². The molecule has 0 spiro atoms. The molecular weight excluding hydrogens is 460 g/mol. The van der Waals surface area contributed by atoms with E-state index in [1.165, 1.54) is 16.9 Å². The third-order valence-corrected chi connectivity index (χ3v) is 7.14. The maximum atomic E-state index is 12.9. The van der Waals surface area contributed by atoms with Crippen molar-refractivity contribution in [1.29, 1.82) is 0 Å². The molecular formula is C27H34N4O3S. The van der Waals surface area contributed by atoms with E-state index in [0.29, 0.717) is 30.1 Å². The van der Waals surface area contributed by atoms with E-state index in [2.05, 4.69) is 55.2 Å². The van der Waals surface area contributed by atoms with Gasteiger partial charge in [-0.25, -0.2) is 4.98 Å². The van der Waals surface area contributed by atoms with E-state index in [1.807, 2.05) is 35.2 Å². The lowest BCUT2D eigenvalue weighted by Gasteiger charge is -2.32. The minimum atomic E-state index is -0.0931. The van der Waals surface area contributed by atoms with Crippen molar-refractivity contribution in [1.82, 2.24) is 14.8 Å². The Bertz CT molecular complexity index is 1180. The maximum absolute atomic E-state index is 12.9. The molecule has 1 saturated heterocycles. The lowest BCUT2D eigenvalue weighted by Crippen LogP contribution is -2.47. The molecule has 0 bridgehead atoms. The first kappa shape index (κ1) is 25.1. The molecule has 1 aromatic heterocycles. The second kappa shape index (κ2) is 10.7. The Morgan fingerprint density at radius 1 is 1.06 bits per heavy atom. The van der Waals surface area contributed by atoms with Crippen LogP contribution in [-0.2, 0) is 10.2 Å². The fourth-order valence-electron chi connectivity index (χ4n) is 3.96. The molecule has 7 nitrogen and oxygen atoms in total. The summed E-state index contributed by atoms with van der Waals surface area (Å²) in [6.45, 7) is 10.3. The zero-order valence-corrected chi connectivity index (χ0v) is 21.8. The Labute approximate surface area is 211 Å². The zero-order valence-electron chi connectivity index (χ0n) is 21.0. The van der Waals surface area contributed by atoms with Crippen molar-refractivity contribution in [3.05, 3.63) is 53.6 Å². The lowest BCUT2D eigenvalue weighted by atomic mass is 9.87. The van der Waals surface area contributed by atoms with Gasteiger partial charge < -0.3 is 19.9 Å². The van der Waals surface area contributed by atoms with Gasteiger partial charge in [-0.3, -0.25) is 9.59 Å². The molecule has 1 N–H and O–H groups in total. The average molecular weight is 495 g/mol. The molecule has 1 aliphatic heterocycles. The van der Waals surface area contributed by atoms with Gasteiger partial charge >= 0.3 is 0 Å². The van der Waals surface area contributed by atoms with Crippen LogP contribution in [0.25, 0.3) is 10.2 Å². The molecule has 35 heavy (non-hydrogen) atoms. The number of aromatic nitrogens is 1. The van der Waals surface area contributed by atoms with Gasteiger partial charge in [0.05, 0.1) is 16.8 Å². The number of likely N-dealkylation sites (N-methyl/N-ethyl adjacent to an activating group) is 1. The Morgan fingerprint density at radius 3 is 2.46 bits per heavy atom. The minimum absolute atomic E-state index is 0.0482. The molecule has 0 unspecified atom stereocenters. The summed E-state index contributed by atoms with van der Waals surface area (Å²) < 4.78 is 6.67. The van der Waals surface area contributed by atoms with Crippen LogP contribution in [0.2, 0.25) is 0 Å². The van der Waals surface area contributed by atoms with Crippen molar-refractivity contribution in [2.24, 2.45) is 0 Å². The molecule has 3 aromatic rings. The summed E-state index contributed by atoms with van der Waals surface area (Å²) in [5.74, 6) is 0.767. The highest BCUT2D eigenvalue weighted by Gasteiger charge is 2.21. The first-order valence-corrected chi connectivity index (χ1v) is 12.9. The Hall–Kier alpha value is -2.97. The quantitative estimate of drug-likeness (QED) is 0.479. The highest BCUT2D eigenvalue weighted by Crippen LogP contribution is 2.28. The van der Waals surface area contributed by atoms with Crippen LogP contribution < -0.4 is 10.1 Å². The first-order chi connectivity index (χ1) is 16.7. The van der Waals surface area contributed by atoms with Crippen LogP contribution in [0.5, 0.6) is 5.75 Å². The van der Waals surface area contributed by atoms with Crippen molar-refractivity contribution in [3.63, 3.8) is 0 Å². The van der Waals surface area contributed by atoms with Crippen molar-refractivity contribution < 1.29 is 14.3 Å². The van der Waals surface area contributed by atoms with E-state index in [4.69, 9.17) is 4.74 Å². The number of piperazine rings is 1. The Morgan fingerprint density at radius 2 is 1.77 bits per heavy atom. The number of carbonyl (C=O) groups excluding carboxylic acids is 2. The lowest BCUT2D eigenvalue weighted by molar-refractivity contribution is -0.116. The van der Waals surface area contributed by atoms with Crippen LogP contribution in [0.1, 0.15) is 49.5 Å². The highest BCUT2D eigenvalue weighted by molar-refractivity contribution is 7.22. The molecule has 0 aliphatic carbocycles. The molecule has 4 rings (SSSR count). The molecule has 8 heteroatoms. The number of anilines is 1. The molecule has 186 valence electrons. The van der Waals surface area contributed by atoms with Gasteiger partial charge in [-0.1, -0.05) is 44.2 Å². The number of carbonyl (C=O) groups is 2. The second-order valence-electron chi connectivity index (χ2n) is 10.1. The third-order valence-electron chi connectivity index (χ3n) is 6.21. The number of rotatable bonds is 7. The maximum Gasteiger partial charge on any atom is 0.253 e. The second-order valence-corrected chi connectivity index (χ2v) is 11.1. The van der Waals surface area contributed by atoms with E-state index >= 15 is 0 Å². The summed E-state index contributed by atoms with van der Waals surface area (Å²) in [6, 6.07) is 13.7. The number of hydrogen-bond donors (Lipinski definition) is 1. The number of nitrogens with one attached hydrogen (secondary N) is 1.